The van der Waals surface area contributed by atoms with Crippen LogP contribution in [-0.2, 0) is 5.41 Å². The van der Waals surface area contributed by atoms with E-state index in [1.165, 1.54) is 33.4 Å². The number of halogens is 1. The summed E-state index contributed by atoms with van der Waals surface area (Å²) in [6, 6.07) is 49.7. The van der Waals surface area contributed by atoms with Crippen molar-refractivity contribution < 1.29 is 4.39 Å². The molecule has 0 N–H and O–H groups in total. The van der Waals surface area contributed by atoms with Gasteiger partial charge in [0.15, 0.2) is 0 Å². The van der Waals surface area contributed by atoms with Gasteiger partial charge in [-0.15, -0.1) is 0 Å². The van der Waals surface area contributed by atoms with Gasteiger partial charge in [-0.2, -0.15) is 0 Å². The van der Waals surface area contributed by atoms with Crippen molar-refractivity contribution >= 4 is 17.1 Å². The molecule has 1 nitrogen and oxygen atoms in total. The van der Waals surface area contributed by atoms with Crippen molar-refractivity contribution in [3.8, 4) is 33.4 Å². The molecule has 0 saturated carbocycles. The summed E-state index contributed by atoms with van der Waals surface area (Å²) >= 11 is 0. The quantitative estimate of drug-likeness (QED) is 0.219. The van der Waals surface area contributed by atoms with E-state index in [0.29, 0.717) is 5.56 Å². The van der Waals surface area contributed by atoms with Crippen LogP contribution in [0, 0.1) is 5.82 Å². The molecule has 0 saturated heterocycles. The van der Waals surface area contributed by atoms with E-state index in [2.05, 4.69) is 104 Å². The Morgan fingerprint density at radius 3 is 1.39 bits per heavy atom. The topological polar surface area (TPSA) is 3.24 Å². The Morgan fingerprint density at radius 1 is 0.463 bits per heavy atom. The minimum atomic E-state index is -0.279. The Morgan fingerprint density at radius 2 is 0.927 bits per heavy atom. The second-order valence-electron chi connectivity index (χ2n) is 11.2. The first-order valence-electron chi connectivity index (χ1n) is 14.1. The van der Waals surface area contributed by atoms with Crippen LogP contribution in [0.5, 0.6) is 0 Å². The molecule has 0 atom stereocenters. The van der Waals surface area contributed by atoms with Crippen LogP contribution in [-0.4, -0.2) is 0 Å². The van der Waals surface area contributed by atoms with E-state index in [4.69, 9.17) is 0 Å². The Bertz CT molecular complexity index is 1760. The normalized spacial score (nSPS) is 13.4. The van der Waals surface area contributed by atoms with Crippen LogP contribution in [0.4, 0.5) is 21.5 Å². The van der Waals surface area contributed by atoms with Gasteiger partial charge in [-0.25, -0.2) is 4.39 Å². The lowest BCUT2D eigenvalue weighted by Gasteiger charge is -2.42. The van der Waals surface area contributed by atoms with Crippen LogP contribution in [0.2, 0.25) is 0 Å². The summed E-state index contributed by atoms with van der Waals surface area (Å²) in [5.74, 6) is -0.233. The number of fused-ring (bicyclic) bond motifs is 2. The zero-order valence-electron chi connectivity index (χ0n) is 23.2. The van der Waals surface area contributed by atoms with E-state index >= 15 is 4.39 Å². The van der Waals surface area contributed by atoms with Crippen LogP contribution in [0.3, 0.4) is 0 Å². The molecular formula is C39H30FN. The van der Waals surface area contributed by atoms with Gasteiger partial charge >= 0.3 is 0 Å². The molecule has 0 radical (unpaired) electrons. The molecule has 0 spiro atoms. The fourth-order valence-corrected chi connectivity index (χ4v) is 6.13. The molecule has 41 heavy (non-hydrogen) atoms. The van der Waals surface area contributed by atoms with Crippen molar-refractivity contribution in [2.75, 3.05) is 4.90 Å². The van der Waals surface area contributed by atoms with Crippen molar-refractivity contribution in [1.82, 2.24) is 0 Å². The molecule has 0 amide bonds. The molecule has 0 unspecified atom stereocenters. The van der Waals surface area contributed by atoms with Crippen molar-refractivity contribution in [2.24, 2.45) is 0 Å². The fraction of sp³-hybridized carbons (Fsp3) is 0.0769. The lowest BCUT2D eigenvalue weighted by Crippen LogP contribution is -2.30. The maximum atomic E-state index is 15.7. The van der Waals surface area contributed by atoms with Gasteiger partial charge in [-0.3, -0.25) is 0 Å². The molecule has 1 aliphatic rings. The molecule has 1 heterocycles. The molecule has 1 aliphatic heterocycles. The third-order valence-electron chi connectivity index (χ3n) is 8.33. The number of benzene rings is 6. The van der Waals surface area contributed by atoms with Crippen molar-refractivity contribution in [3.63, 3.8) is 0 Å². The number of hydrogen-bond donors (Lipinski definition) is 0. The van der Waals surface area contributed by atoms with Gasteiger partial charge in [0.2, 0.25) is 0 Å². The monoisotopic (exact) mass is 531 g/mol. The first kappa shape index (κ1) is 25.0. The summed E-state index contributed by atoms with van der Waals surface area (Å²) in [6.45, 7) is 4.59. The van der Waals surface area contributed by atoms with E-state index in [1.54, 1.807) is 6.07 Å². The number of hydrogen-bond acceptors (Lipinski definition) is 1. The second kappa shape index (κ2) is 9.91. The summed E-state index contributed by atoms with van der Waals surface area (Å²) in [4.78, 5) is 2.22. The highest BCUT2D eigenvalue weighted by atomic mass is 19.1. The highest BCUT2D eigenvalue weighted by Gasteiger charge is 2.37. The SMILES string of the molecule is CC1(C)c2cc(-c3ccccc3)ccc2N(c2ccc(-c3ccccc3)c(F)c2)c2ccc(-c3ccccc3)cc21. The zero-order valence-corrected chi connectivity index (χ0v) is 23.2. The summed E-state index contributed by atoms with van der Waals surface area (Å²) in [6.07, 6.45) is 0. The standard InChI is InChI=1S/C39H30FN/c1-39(2)34-24-30(27-12-6-3-7-13-27)18-22-37(34)41(32-20-21-33(36(40)26-32)29-16-10-5-11-17-29)38-23-19-31(25-35(38)39)28-14-8-4-9-15-28/h3-26H,1-2H3. The van der Waals surface area contributed by atoms with E-state index in [-0.39, 0.29) is 11.2 Å². The average molecular weight is 532 g/mol. The summed E-state index contributed by atoms with van der Waals surface area (Å²) in [5, 5.41) is 0. The van der Waals surface area contributed by atoms with E-state index < -0.39 is 0 Å². The van der Waals surface area contributed by atoms with Gasteiger partial charge in [0, 0.05) is 16.7 Å². The number of nitrogens with zero attached hydrogens (tertiary/aromatic N) is 1. The highest BCUT2D eigenvalue weighted by molar-refractivity contribution is 5.89. The average Bonchev–Trinajstić information content (AvgIpc) is 3.02. The first-order valence-corrected chi connectivity index (χ1v) is 14.1. The molecule has 0 aliphatic carbocycles. The van der Waals surface area contributed by atoms with Crippen LogP contribution in [0.25, 0.3) is 33.4 Å². The maximum Gasteiger partial charge on any atom is 0.133 e. The van der Waals surface area contributed by atoms with E-state index in [9.17, 15) is 0 Å². The second-order valence-corrected chi connectivity index (χ2v) is 11.2. The van der Waals surface area contributed by atoms with Crippen LogP contribution in [0.1, 0.15) is 25.0 Å². The smallest absolute Gasteiger partial charge is 0.133 e. The van der Waals surface area contributed by atoms with Gasteiger partial charge in [-0.05, 0) is 81.4 Å². The summed E-state index contributed by atoms with van der Waals surface area (Å²) in [5.41, 5.74) is 11.3. The van der Waals surface area contributed by atoms with Crippen LogP contribution >= 0.6 is 0 Å². The Labute approximate surface area is 241 Å². The molecule has 0 bridgehead atoms. The van der Waals surface area contributed by atoms with Crippen LogP contribution < -0.4 is 4.90 Å². The molecular weight excluding hydrogens is 501 g/mol. The Hall–Kier alpha value is -4.95. The van der Waals surface area contributed by atoms with Gasteiger partial charge < -0.3 is 4.90 Å². The van der Waals surface area contributed by atoms with Gasteiger partial charge in [0.05, 0.1) is 11.4 Å². The van der Waals surface area contributed by atoms with Gasteiger partial charge in [0.1, 0.15) is 5.82 Å². The molecule has 7 rings (SSSR count). The predicted octanol–water partition coefficient (Wildman–Crippen LogP) is 10.9. The third-order valence-corrected chi connectivity index (χ3v) is 8.33. The predicted molar refractivity (Wildman–Crippen MR) is 170 cm³/mol. The fourth-order valence-electron chi connectivity index (χ4n) is 6.13. The minimum Gasteiger partial charge on any atom is -0.310 e. The molecule has 0 fully saturated rings. The minimum absolute atomic E-state index is 0.233. The van der Waals surface area contributed by atoms with Gasteiger partial charge in [-0.1, -0.05) is 117 Å². The van der Waals surface area contributed by atoms with Crippen molar-refractivity contribution in [2.45, 2.75) is 19.3 Å². The van der Waals surface area contributed by atoms with Crippen molar-refractivity contribution in [3.05, 3.63) is 163 Å². The maximum absolute atomic E-state index is 15.7. The van der Waals surface area contributed by atoms with E-state index in [0.717, 1.165) is 22.6 Å². The molecule has 198 valence electrons. The largest absolute Gasteiger partial charge is 0.310 e. The van der Waals surface area contributed by atoms with Gasteiger partial charge in [0.25, 0.3) is 0 Å². The zero-order chi connectivity index (χ0) is 28.0. The third kappa shape index (κ3) is 4.33. The Kier molecular flexibility index (Phi) is 6.05. The number of rotatable bonds is 4. The van der Waals surface area contributed by atoms with Crippen LogP contribution in [0.15, 0.2) is 146 Å². The lowest BCUT2D eigenvalue weighted by atomic mass is 9.72. The highest BCUT2D eigenvalue weighted by Crippen LogP contribution is 2.53. The first-order chi connectivity index (χ1) is 20.0. The lowest BCUT2D eigenvalue weighted by molar-refractivity contribution is 0.627. The van der Waals surface area contributed by atoms with Crippen molar-refractivity contribution in [1.29, 1.82) is 0 Å². The summed E-state index contributed by atoms with van der Waals surface area (Å²) < 4.78 is 15.7. The summed E-state index contributed by atoms with van der Waals surface area (Å²) in [7, 11) is 0. The van der Waals surface area contributed by atoms with E-state index in [1.807, 2.05) is 54.6 Å². The Balaban J connectivity index is 1.44. The molecule has 6 aromatic rings. The number of anilines is 3. The molecule has 6 aromatic carbocycles. The molecule has 2 heteroatoms. The molecule has 0 aromatic heterocycles.